The second-order valence-electron chi connectivity index (χ2n) is 7.31. The molecule has 1 N–H and O–H groups in total. The molecule has 2 aliphatic rings. The highest BCUT2D eigenvalue weighted by Gasteiger charge is 2.33. The number of ether oxygens (including phenoxy) is 2. The lowest BCUT2D eigenvalue weighted by Crippen LogP contribution is -2.34. The molecule has 0 radical (unpaired) electrons. The number of nitrogens with one attached hydrogen (secondary N) is 1. The average molecular weight is 464 g/mol. The maximum atomic E-state index is 12.4. The lowest BCUT2D eigenvalue weighted by atomic mass is 10.1. The normalized spacial score (nSPS) is 19.4. The standard InChI is InChI=1S/C21H22ClN3O5S/c1-13-10-14(2-3-16(13)24-7-9-29-8-6-19(24)26)25-12-15(30-21(25)28)11-23-20(27)17-4-5-18(22)31-17/h2-5,10,15H,6-9,11-12H2,1H3,(H,23,27)/t15-/m0/s1. The fraction of sp³-hybridized carbons (Fsp3) is 0.381. The van der Waals surface area contributed by atoms with E-state index < -0.39 is 12.2 Å². The highest BCUT2D eigenvalue weighted by molar-refractivity contribution is 7.18. The zero-order chi connectivity index (χ0) is 22.0. The predicted molar refractivity (Wildman–Crippen MR) is 118 cm³/mol. The Morgan fingerprint density at radius 2 is 2.06 bits per heavy atom. The molecular formula is C21H22ClN3O5S. The summed E-state index contributed by atoms with van der Waals surface area (Å²) in [6.45, 7) is 3.86. The monoisotopic (exact) mass is 463 g/mol. The molecule has 3 heterocycles. The lowest BCUT2D eigenvalue weighted by Gasteiger charge is -2.23. The van der Waals surface area contributed by atoms with Crippen molar-refractivity contribution in [1.82, 2.24) is 5.32 Å². The molecule has 0 unspecified atom stereocenters. The molecule has 4 rings (SSSR count). The molecule has 0 bridgehead atoms. The Kier molecular flexibility index (Phi) is 6.45. The van der Waals surface area contributed by atoms with Crippen molar-refractivity contribution in [1.29, 1.82) is 0 Å². The molecule has 0 spiro atoms. The van der Waals surface area contributed by atoms with Gasteiger partial charge in [-0.2, -0.15) is 0 Å². The van der Waals surface area contributed by atoms with Gasteiger partial charge in [-0.05, 0) is 42.8 Å². The Morgan fingerprint density at radius 1 is 1.23 bits per heavy atom. The van der Waals surface area contributed by atoms with Crippen LogP contribution >= 0.6 is 22.9 Å². The molecule has 1 aromatic carbocycles. The molecule has 2 fully saturated rings. The first kappa shape index (κ1) is 21.6. The Morgan fingerprint density at radius 3 is 2.81 bits per heavy atom. The number of benzene rings is 1. The summed E-state index contributed by atoms with van der Waals surface area (Å²) >= 11 is 7.05. The summed E-state index contributed by atoms with van der Waals surface area (Å²) in [5.74, 6) is -0.227. The first-order valence-electron chi connectivity index (χ1n) is 9.93. The maximum absolute atomic E-state index is 12.4. The zero-order valence-corrected chi connectivity index (χ0v) is 18.5. The number of anilines is 2. The molecule has 0 aliphatic carbocycles. The predicted octanol–water partition coefficient (Wildman–Crippen LogP) is 3.22. The second kappa shape index (κ2) is 9.25. The van der Waals surface area contributed by atoms with E-state index in [1.165, 1.54) is 16.2 Å². The van der Waals surface area contributed by atoms with Crippen LogP contribution < -0.4 is 15.1 Å². The van der Waals surface area contributed by atoms with Gasteiger partial charge in [0, 0.05) is 17.9 Å². The fourth-order valence-electron chi connectivity index (χ4n) is 3.61. The lowest BCUT2D eigenvalue weighted by molar-refractivity contribution is -0.118. The second-order valence-corrected chi connectivity index (χ2v) is 9.02. The number of hydrogen-bond acceptors (Lipinski definition) is 6. The molecule has 1 aromatic heterocycles. The Bertz CT molecular complexity index is 1010. The van der Waals surface area contributed by atoms with E-state index in [2.05, 4.69) is 5.32 Å². The van der Waals surface area contributed by atoms with Gasteiger partial charge >= 0.3 is 6.09 Å². The van der Waals surface area contributed by atoms with Crippen molar-refractivity contribution >= 4 is 52.2 Å². The third-order valence-electron chi connectivity index (χ3n) is 5.16. The van der Waals surface area contributed by atoms with Gasteiger partial charge in [0.15, 0.2) is 0 Å². The zero-order valence-electron chi connectivity index (χ0n) is 16.9. The van der Waals surface area contributed by atoms with Crippen LogP contribution in [0.3, 0.4) is 0 Å². The molecule has 164 valence electrons. The summed E-state index contributed by atoms with van der Waals surface area (Å²) in [5, 5.41) is 2.77. The van der Waals surface area contributed by atoms with E-state index in [0.717, 1.165) is 11.3 Å². The van der Waals surface area contributed by atoms with E-state index in [-0.39, 0.29) is 18.4 Å². The van der Waals surface area contributed by atoms with Gasteiger partial charge in [0.25, 0.3) is 5.91 Å². The summed E-state index contributed by atoms with van der Waals surface area (Å²) in [5.41, 5.74) is 2.38. The van der Waals surface area contributed by atoms with Gasteiger partial charge in [0.05, 0.1) is 41.9 Å². The third-order valence-corrected chi connectivity index (χ3v) is 6.39. The van der Waals surface area contributed by atoms with Crippen molar-refractivity contribution in [2.24, 2.45) is 0 Å². The highest BCUT2D eigenvalue weighted by atomic mass is 35.5. The Labute approximate surface area is 188 Å². The first-order chi connectivity index (χ1) is 14.9. The van der Waals surface area contributed by atoms with Crippen molar-refractivity contribution in [2.75, 3.05) is 42.6 Å². The number of rotatable bonds is 5. The van der Waals surface area contributed by atoms with Crippen LogP contribution in [-0.2, 0) is 14.3 Å². The van der Waals surface area contributed by atoms with Gasteiger partial charge in [0.2, 0.25) is 5.91 Å². The highest BCUT2D eigenvalue weighted by Crippen LogP contribution is 2.29. The molecule has 31 heavy (non-hydrogen) atoms. The first-order valence-corrected chi connectivity index (χ1v) is 11.1. The summed E-state index contributed by atoms with van der Waals surface area (Å²) in [6, 6.07) is 8.83. The molecule has 3 amide bonds. The van der Waals surface area contributed by atoms with E-state index >= 15 is 0 Å². The van der Waals surface area contributed by atoms with Crippen LogP contribution in [0.25, 0.3) is 0 Å². The maximum Gasteiger partial charge on any atom is 0.414 e. The molecule has 2 aromatic rings. The van der Waals surface area contributed by atoms with E-state index in [4.69, 9.17) is 21.1 Å². The van der Waals surface area contributed by atoms with Crippen LogP contribution in [0.15, 0.2) is 30.3 Å². The topological polar surface area (TPSA) is 88.2 Å². The number of thiophene rings is 1. The largest absolute Gasteiger partial charge is 0.442 e. The quantitative estimate of drug-likeness (QED) is 0.735. The van der Waals surface area contributed by atoms with Crippen LogP contribution in [0.4, 0.5) is 16.2 Å². The number of carbonyl (C=O) groups excluding carboxylic acids is 3. The summed E-state index contributed by atoms with van der Waals surface area (Å²) in [4.78, 5) is 40.7. The van der Waals surface area contributed by atoms with Gasteiger partial charge < -0.3 is 19.7 Å². The average Bonchev–Trinajstić information content (AvgIpc) is 3.28. The van der Waals surface area contributed by atoms with Crippen LogP contribution in [-0.4, -0.2) is 56.9 Å². The SMILES string of the molecule is Cc1cc(N2C[C@H](CNC(=O)c3ccc(Cl)s3)OC2=O)ccc1N1CCOCCC1=O. The molecule has 2 aliphatic heterocycles. The van der Waals surface area contributed by atoms with Crippen molar-refractivity contribution in [2.45, 2.75) is 19.4 Å². The molecule has 0 saturated carbocycles. The number of halogens is 1. The van der Waals surface area contributed by atoms with Gasteiger partial charge in [-0.1, -0.05) is 11.6 Å². The van der Waals surface area contributed by atoms with E-state index in [1.54, 1.807) is 23.1 Å². The fourth-order valence-corrected chi connectivity index (χ4v) is 4.57. The van der Waals surface area contributed by atoms with E-state index in [9.17, 15) is 14.4 Å². The molecular weight excluding hydrogens is 442 g/mol. The van der Waals surface area contributed by atoms with Crippen molar-refractivity contribution < 1.29 is 23.9 Å². The van der Waals surface area contributed by atoms with E-state index in [0.29, 0.717) is 47.6 Å². The van der Waals surface area contributed by atoms with Crippen molar-refractivity contribution in [3.05, 3.63) is 45.1 Å². The molecule has 10 heteroatoms. The number of aryl methyl sites for hydroxylation is 1. The summed E-state index contributed by atoms with van der Waals surface area (Å²) in [7, 11) is 0. The Hall–Kier alpha value is -2.62. The number of cyclic esters (lactones) is 1. The van der Waals surface area contributed by atoms with Crippen LogP contribution in [0, 0.1) is 6.92 Å². The number of carbonyl (C=O) groups is 3. The van der Waals surface area contributed by atoms with Crippen molar-refractivity contribution in [3.8, 4) is 0 Å². The van der Waals surface area contributed by atoms with Gasteiger partial charge in [-0.25, -0.2) is 4.79 Å². The molecule has 1 atom stereocenters. The van der Waals surface area contributed by atoms with Crippen LogP contribution in [0.5, 0.6) is 0 Å². The number of hydrogen-bond donors (Lipinski definition) is 1. The third kappa shape index (κ3) is 4.84. The summed E-state index contributed by atoms with van der Waals surface area (Å²) in [6.07, 6.45) is -0.578. The minimum Gasteiger partial charge on any atom is -0.442 e. The molecule has 2 saturated heterocycles. The van der Waals surface area contributed by atoms with Crippen molar-refractivity contribution in [3.63, 3.8) is 0 Å². The Balaban J connectivity index is 1.40. The molecule has 8 nitrogen and oxygen atoms in total. The van der Waals surface area contributed by atoms with E-state index in [1.807, 2.05) is 19.1 Å². The smallest absolute Gasteiger partial charge is 0.414 e. The minimum atomic E-state index is -0.468. The van der Waals surface area contributed by atoms with Gasteiger partial charge in [0.1, 0.15) is 6.10 Å². The number of nitrogens with zero attached hydrogens (tertiary/aromatic N) is 2. The summed E-state index contributed by atoms with van der Waals surface area (Å²) < 4.78 is 11.3. The number of amides is 3. The minimum absolute atomic E-state index is 0.0248. The van der Waals surface area contributed by atoms with Crippen LogP contribution in [0.1, 0.15) is 21.7 Å². The van der Waals surface area contributed by atoms with Crippen LogP contribution in [0.2, 0.25) is 4.34 Å². The van der Waals surface area contributed by atoms with Gasteiger partial charge in [-0.15, -0.1) is 11.3 Å². The van der Waals surface area contributed by atoms with Gasteiger partial charge in [-0.3, -0.25) is 14.5 Å².